The third-order valence-electron chi connectivity index (χ3n) is 4.13. The van der Waals surface area contributed by atoms with Crippen LogP contribution < -0.4 is 10.1 Å². The lowest BCUT2D eigenvalue weighted by molar-refractivity contribution is -0.137. The number of nitrogens with zero attached hydrogens (tertiary/aromatic N) is 3. The first-order valence-electron chi connectivity index (χ1n) is 8.19. The van der Waals surface area contributed by atoms with Crippen LogP contribution in [0.15, 0.2) is 36.8 Å². The Hall–Kier alpha value is -2.71. The Bertz CT molecular complexity index is 730. The second-order valence-corrected chi connectivity index (χ2v) is 6.02. The number of hydrogen-bond donors (Lipinski definition) is 1. The maximum Gasteiger partial charge on any atom is 0.417 e. The molecule has 1 aliphatic carbocycles. The predicted octanol–water partition coefficient (Wildman–Crippen LogP) is 3.01. The number of carbonyl (C=O) groups excluding carboxylic acids is 1. The van der Waals surface area contributed by atoms with Crippen molar-refractivity contribution in [2.75, 3.05) is 0 Å². The van der Waals surface area contributed by atoms with Crippen LogP contribution in [0.25, 0.3) is 0 Å². The summed E-state index contributed by atoms with van der Waals surface area (Å²) in [7, 11) is 0. The SMILES string of the molecule is O=C(NC1CCC(Oc2ccc(C(F)(F)F)cn2)CC1)c1ncccn1. The van der Waals surface area contributed by atoms with Crippen LogP contribution in [0.2, 0.25) is 0 Å². The molecule has 6 nitrogen and oxygen atoms in total. The Morgan fingerprint density at radius 3 is 2.35 bits per heavy atom. The maximum absolute atomic E-state index is 12.5. The molecule has 0 aliphatic heterocycles. The van der Waals surface area contributed by atoms with Gasteiger partial charge in [-0.1, -0.05) is 0 Å². The lowest BCUT2D eigenvalue weighted by Crippen LogP contribution is -2.40. The predicted molar refractivity (Wildman–Crippen MR) is 85.4 cm³/mol. The molecule has 1 N–H and O–H groups in total. The Labute approximate surface area is 147 Å². The zero-order chi connectivity index (χ0) is 18.6. The van der Waals surface area contributed by atoms with Crippen LogP contribution in [0, 0.1) is 0 Å². The quantitative estimate of drug-likeness (QED) is 0.900. The van der Waals surface area contributed by atoms with Crippen molar-refractivity contribution in [2.45, 2.75) is 44.0 Å². The highest BCUT2D eigenvalue weighted by atomic mass is 19.4. The van der Waals surface area contributed by atoms with Gasteiger partial charge in [0.05, 0.1) is 5.56 Å². The molecule has 138 valence electrons. The summed E-state index contributed by atoms with van der Waals surface area (Å²) in [5.74, 6) is -0.0256. The molecule has 9 heteroatoms. The van der Waals surface area contributed by atoms with Crippen molar-refractivity contribution >= 4 is 5.91 Å². The van der Waals surface area contributed by atoms with Crippen molar-refractivity contribution in [3.8, 4) is 5.88 Å². The lowest BCUT2D eigenvalue weighted by Gasteiger charge is -2.29. The van der Waals surface area contributed by atoms with Gasteiger partial charge in [0.15, 0.2) is 0 Å². The highest BCUT2D eigenvalue weighted by Gasteiger charge is 2.31. The number of pyridine rings is 1. The van der Waals surface area contributed by atoms with Crippen LogP contribution in [0.4, 0.5) is 13.2 Å². The molecule has 1 saturated carbocycles. The second-order valence-electron chi connectivity index (χ2n) is 6.02. The molecule has 2 aromatic heterocycles. The molecule has 0 unspecified atom stereocenters. The number of ether oxygens (including phenoxy) is 1. The topological polar surface area (TPSA) is 77.0 Å². The van der Waals surface area contributed by atoms with Crippen molar-refractivity contribution in [3.05, 3.63) is 48.2 Å². The van der Waals surface area contributed by atoms with Gasteiger partial charge in [-0.15, -0.1) is 0 Å². The highest BCUT2D eigenvalue weighted by Crippen LogP contribution is 2.30. The van der Waals surface area contributed by atoms with Gasteiger partial charge in [0, 0.05) is 30.7 Å². The molecule has 1 fully saturated rings. The number of halogens is 3. The Morgan fingerprint density at radius 1 is 1.08 bits per heavy atom. The Balaban J connectivity index is 1.47. The van der Waals surface area contributed by atoms with Crippen LogP contribution in [0.1, 0.15) is 41.9 Å². The summed E-state index contributed by atoms with van der Waals surface area (Å²) < 4.78 is 43.2. The van der Waals surface area contributed by atoms with E-state index in [1.165, 1.54) is 18.5 Å². The molecule has 0 atom stereocenters. The summed E-state index contributed by atoms with van der Waals surface area (Å²) in [5, 5.41) is 2.88. The van der Waals surface area contributed by atoms with Gasteiger partial charge in [-0.2, -0.15) is 13.2 Å². The van der Waals surface area contributed by atoms with Crippen molar-refractivity contribution in [1.29, 1.82) is 0 Å². The van der Waals surface area contributed by atoms with E-state index in [-0.39, 0.29) is 29.8 Å². The largest absolute Gasteiger partial charge is 0.474 e. The average molecular weight is 366 g/mol. The number of nitrogens with one attached hydrogen (secondary N) is 1. The molecule has 2 aromatic rings. The van der Waals surface area contributed by atoms with Crippen LogP contribution in [0.3, 0.4) is 0 Å². The lowest BCUT2D eigenvalue weighted by atomic mass is 9.93. The minimum Gasteiger partial charge on any atom is -0.474 e. The van der Waals surface area contributed by atoms with Gasteiger partial charge in [-0.05, 0) is 37.8 Å². The molecule has 2 heterocycles. The molecule has 1 aliphatic rings. The van der Waals surface area contributed by atoms with Crippen molar-refractivity contribution in [3.63, 3.8) is 0 Å². The zero-order valence-electron chi connectivity index (χ0n) is 13.7. The molecule has 0 radical (unpaired) electrons. The van der Waals surface area contributed by atoms with Crippen LogP contribution in [-0.2, 0) is 6.18 Å². The van der Waals surface area contributed by atoms with Crippen molar-refractivity contribution < 1.29 is 22.7 Å². The molecule has 26 heavy (non-hydrogen) atoms. The molecule has 0 spiro atoms. The van der Waals surface area contributed by atoms with E-state index in [0.717, 1.165) is 12.3 Å². The van der Waals surface area contributed by atoms with E-state index in [4.69, 9.17) is 4.74 Å². The maximum atomic E-state index is 12.5. The van der Waals surface area contributed by atoms with Crippen molar-refractivity contribution in [2.24, 2.45) is 0 Å². The summed E-state index contributed by atoms with van der Waals surface area (Å²) in [4.78, 5) is 23.6. The van der Waals surface area contributed by atoms with E-state index < -0.39 is 11.7 Å². The van der Waals surface area contributed by atoms with Gasteiger partial charge in [0.1, 0.15) is 6.10 Å². The number of hydrogen-bond acceptors (Lipinski definition) is 5. The van der Waals surface area contributed by atoms with Gasteiger partial charge in [0.25, 0.3) is 5.91 Å². The summed E-state index contributed by atoms with van der Waals surface area (Å²) in [5.41, 5.74) is -0.806. The summed E-state index contributed by atoms with van der Waals surface area (Å²) in [6.07, 6.45) is 1.96. The smallest absolute Gasteiger partial charge is 0.417 e. The number of aromatic nitrogens is 3. The number of alkyl halides is 3. The monoisotopic (exact) mass is 366 g/mol. The van der Waals surface area contributed by atoms with Gasteiger partial charge < -0.3 is 10.1 Å². The van der Waals surface area contributed by atoms with E-state index >= 15 is 0 Å². The van der Waals surface area contributed by atoms with Gasteiger partial charge in [-0.3, -0.25) is 4.79 Å². The van der Waals surface area contributed by atoms with E-state index in [0.29, 0.717) is 25.7 Å². The third kappa shape index (κ3) is 4.68. The van der Waals surface area contributed by atoms with Gasteiger partial charge >= 0.3 is 6.18 Å². The fourth-order valence-corrected chi connectivity index (χ4v) is 2.78. The van der Waals surface area contributed by atoms with Crippen LogP contribution >= 0.6 is 0 Å². The van der Waals surface area contributed by atoms with E-state index in [1.807, 2.05) is 0 Å². The van der Waals surface area contributed by atoms with Gasteiger partial charge in [0.2, 0.25) is 11.7 Å². The standard InChI is InChI=1S/C17H17F3N4O2/c18-17(19,20)11-2-7-14(23-10-11)26-13-5-3-12(4-6-13)24-16(25)15-21-8-1-9-22-15/h1-2,7-10,12-13H,3-6H2,(H,24,25). The molecular weight excluding hydrogens is 349 g/mol. The van der Waals surface area contributed by atoms with Gasteiger partial charge in [-0.25, -0.2) is 15.0 Å². The molecule has 1 amide bonds. The third-order valence-corrected chi connectivity index (χ3v) is 4.13. The van der Waals surface area contributed by atoms with Crippen LogP contribution in [-0.4, -0.2) is 33.0 Å². The normalized spacial score (nSPS) is 20.4. The first-order chi connectivity index (χ1) is 12.4. The van der Waals surface area contributed by atoms with E-state index in [1.54, 1.807) is 6.07 Å². The summed E-state index contributed by atoms with van der Waals surface area (Å²) in [6, 6.07) is 3.80. The molecule has 0 aromatic carbocycles. The van der Waals surface area contributed by atoms with Crippen LogP contribution in [0.5, 0.6) is 5.88 Å². The first kappa shape index (κ1) is 18.1. The Kier molecular flexibility index (Phi) is 5.34. The number of amides is 1. The number of carbonyl (C=O) groups is 1. The molecule has 0 saturated heterocycles. The minimum atomic E-state index is -4.41. The summed E-state index contributed by atoms with van der Waals surface area (Å²) >= 11 is 0. The van der Waals surface area contributed by atoms with Crippen molar-refractivity contribution in [1.82, 2.24) is 20.3 Å². The van der Waals surface area contributed by atoms with E-state index in [9.17, 15) is 18.0 Å². The average Bonchev–Trinajstić information content (AvgIpc) is 2.64. The zero-order valence-corrected chi connectivity index (χ0v) is 13.7. The fourth-order valence-electron chi connectivity index (χ4n) is 2.78. The molecular formula is C17H17F3N4O2. The minimum absolute atomic E-state index is 0.00767. The molecule has 0 bridgehead atoms. The first-order valence-corrected chi connectivity index (χ1v) is 8.19. The number of rotatable bonds is 4. The van der Waals surface area contributed by atoms with E-state index in [2.05, 4.69) is 20.3 Å². The fraction of sp³-hybridized carbons (Fsp3) is 0.412. The highest BCUT2D eigenvalue weighted by molar-refractivity contribution is 5.90. The molecule has 3 rings (SSSR count). The summed E-state index contributed by atoms with van der Waals surface area (Å²) in [6.45, 7) is 0. The Morgan fingerprint density at radius 2 is 1.77 bits per heavy atom. The second kappa shape index (κ2) is 7.67.